The van der Waals surface area contributed by atoms with Gasteiger partial charge in [0.1, 0.15) is 6.10 Å². The molecule has 1 saturated heterocycles. The Hall–Kier alpha value is -0.640. The van der Waals surface area contributed by atoms with E-state index in [-0.39, 0.29) is 25.7 Å². The molecule has 5 nitrogen and oxygen atoms in total. The second-order valence-corrected chi connectivity index (χ2v) is 6.64. The van der Waals surface area contributed by atoms with Gasteiger partial charge >= 0.3 is 13.6 Å². The number of ether oxygens (including phenoxy) is 1. The van der Waals surface area contributed by atoms with Crippen molar-refractivity contribution in [2.24, 2.45) is 0 Å². The second kappa shape index (κ2) is 6.00. The minimum absolute atomic E-state index is 0.220. The molecule has 0 N–H and O–H groups in total. The van der Waals surface area contributed by atoms with Crippen LogP contribution in [0.15, 0.2) is 12.7 Å². The smallest absolute Gasteiger partial charge is 0.348 e. The van der Waals surface area contributed by atoms with Gasteiger partial charge in [0.2, 0.25) is 0 Å². The highest BCUT2D eigenvalue weighted by Gasteiger charge is 2.61. The molecule has 0 amide bonds. The summed E-state index contributed by atoms with van der Waals surface area (Å²) in [5.41, 5.74) is 0. The van der Waals surface area contributed by atoms with Gasteiger partial charge < -0.3 is 13.8 Å². The van der Waals surface area contributed by atoms with Gasteiger partial charge in [0, 0.05) is 6.42 Å². The van der Waals surface area contributed by atoms with Crippen molar-refractivity contribution < 1.29 is 23.1 Å². The fourth-order valence-electron chi connectivity index (χ4n) is 2.26. The molecule has 0 aromatic heterocycles. The van der Waals surface area contributed by atoms with Crippen molar-refractivity contribution in [3.05, 3.63) is 12.7 Å². The summed E-state index contributed by atoms with van der Waals surface area (Å²) in [6.07, 6.45) is 1.83. The monoisotopic (exact) mass is 276 g/mol. The van der Waals surface area contributed by atoms with E-state index in [0.717, 1.165) is 0 Å². The Morgan fingerprint density at radius 3 is 2.39 bits per heavy atom. The van der Waals surface area contributed by atoms with E-state index in [1.807, 2.05) is 0 Å². The molecule has 0 aromatic carbocycles. The summed E-state index contributed by atoms with van der Waals surface area (Å²) in [5.74, 6) is -0.514. The van der Waals surface area contributed by atoms with Crippen molar-refractivity contribution in [1.29, 1.82) is 0 Å². The molecule has 1 heterocycles. The molecule has 0 radical (unpaired) electrons. The van der Waals surface area contributed by atoms with E-state index in [0.29, 0.717) is 6.42 Å². The first-order chi connectivity index (χ1) is 8.45. The molecule has 1 rings (SSSR count). The minimum atomic E-state index is -3.55. The van der Waals surface area contributed by atoms with Crippen molar-refractivity contribution in [3.8, 4) is 0 Å². The maximum atomic E-state index is 12.9. The van der Waals surface area contributed by atoms with Crippen LogP contribution in [0.2, 0.25) is 0 Å². The Morgan fingerprint density at radius 1 is 1.50 bits per heavy atom. The SMILES string of the molecule is C=CCC1(P(=O)(OCC)OCC)CC(C)OC1=O. The summed E-state index contributed by atoms with van der Waals surface area (Å²) >= 11 is 0. The molecule has 1 aliphatic heterocycles. The number of allylic oxidation sites excluding steroid dienone is 1. The zero-order valence-corrected chi connectivity index (χ0v) is 12.1. The lowest BCUT2D eigenvalue weighted by Gasteiger charge is -2.31. The Kier molecular flexibility index (Phi) is 5.14. The van der Waals surface area contributed by atoms with E-state index < -0.39 is 18.7 Å². The summed E-state index contributed by atoms with van der Waals surface area (Å²) in [6, 6.07) is 0. The fourth-order valence-corrected chi connectivity index (χ4v) is 4.62. The quantitative estimate of drug-likeness (QED) is 0.406. The molecule has 104 valence electrons. The van der Waals surface area contributed by atoms with Crippen LogP contribution in [0, 0.1) is 0 Å². The zero-order chi connectivity index (χ0) is 13.8. The Labute approximate surface area is 108 Å². The molecule has 0 saturated carbocycles. The standard InChI is InChI=1S/C12H21O5P/c1-5-8-12(9-10(4)17-11(12)13)18(14,15-6-2)16-7-3/h5,10H,1,6-9H2,2-4H3. The minimum Gasteiger partial charge on any atom is -0.462 e. The first-order valence-corrected chi connectivity index (χ1v) is 7.71. The van der Waals surface area contributed by atoms with Gasteiger partial charge in [0.05, 0.1) is 13.2 Å². The molecule has 2 atom stereocenters. The number of carbonyl (C=O) groups excluding carboxylic acids is 1. The number of rotatable bonds is 7. The van der Waals surface area contributed by atoms with E-state index in [1.54, 1.807) is 26.8 Å². The molecule has 0 bridgehead atoms. The normalized spacial score (nSPS) is 28.2. The number of cyclic esters (lactones) is 1. The Bertz CT molecular complexity index is 357. The van der Waals surface area contributed by atoms with Gasteiger partial charge in [-0.05, 0) is 27.2 Å². The molecule has 0 aromatic rings. The van der Waals surface area contributed by atoms with Crippen LogP contribution >= 0.6 is 7.60 Å². The van der Waals surface area contributed by atoms with E-state index in [9.17, 15) is 9.36 Å². The summed E-state index contributed by atoms with van der Waals surface area (Å²) in [5, 5.41) is -1.24. The summed E-state index contributed by atoms with van der Waals surface area (Å²) < 4.78 is 28.7. The van der Waals surface area contributed by atoms with Crippen LogP contribution in [0.5, 0.6) is 0 Å². The molecule has 18 heavy (non-hydrogen) atoms. The summed E-state index contributed by atoms with van der Waals surface area (Å²) in [4.78, 5) is 12.1. The van der Waals surface area contributed by atoms with Crippen LogP contribution in [-0.2, 0) is 23.1 Å². The Balaban J connectivity index is 3.19. The van der Waals surface area contributed by atoms with Gasteiger partial charge in [-0.15, -0.1) is 6.58 Å². The first-order valence-electron chi connectivity index (χ1n) is 6.17. The van der Waals surface area contributed by atoms with Crippen molar-refractivity contribution in [2.45, 2.75) is 44.9 Å². The molecule has 1 fully saturated rings. The molecule has 0 spiro atoms. The second-order valence-electron chi connectivity index (χ2n) is 4.28. The zero-order valence-electron chi connectivity index (χ0n) is 11.2. The molecular weight excluding hydrogens is 255 g/mol. The van der Waals surface area contributed by atoms with Crippen molar-refractivity contribution in [2.75, 3.05) is 13.2 Å². The largest absolute Gasteiger partial charge is 0.462 e. The highest BCUT2D eigenvalue weighted by Crippen LogP contribution is 2.65. The van der Waals surface area contributed by atoms with E-state index in [2.05, 4.69) is 6.58 Å². The van der Waals surface area contributed by atoms with Crippen molar-refractivity contribution >= 4 is 13.6 Å². The third-order valence-electron chi connectivity index (χ3n) is 2.92. The molecule has 6 heteroatoms. The van der Waals surface area contributed by atoms with Crippen molar-refractivity contribution in [1.82, 2.24) is 0 Å². The van der Waals surface area contributed by atoms with Gasteiger partial charge in [-0.25, -0.2) is 0 Å². The summed E-state index contributed by atoms with van der Waals surface area (Å²) in [7, 11) is -3.55. The van der Waals surface area contributed by atoms with Crippen LogP contribution in [0.1, 0.15) is 33.6 Å². The van der Waals surface area contributed by atoms with Gasteiger partial charge in [0.15, 0.2) is 5.16 Å². The van der Waals surface area contributed by atoms with Gasteiger partial charge in [0.25, 0.3) is 0 Å². The van der Waals surface area contributed by atoms with Crippen LogP contribution in [-0.4, -0.2) is 30.4 Å². The predicted molar refractivity (Wildman–Crippen MR) is 68.6 cm³/mol. The average Bonchev–Trinajstić information content (AvgIpc) is 2.56. The average molecular weight is 276 g/mol. The van der Waals surface area contributed by atoms with Crippen molar-refractivity contribution in [3.63, 3.8) is 0 Å². The van der Waals surface area contributed by atoms with Crippen LogP contribution in [0.25, 0.3) is 0 Å². The molecular formula is C12H21O5P. The van der Waals surface area contributed by atoms with Gasteiger partial charge in [-0.3, -0.25) is 9.36 Å². The number of hydrogen-bond donors (Lipinski definition) is 0. The van der Waals surface area contributed by atoms with Crippen LogP contribution in [0.3, 0.4) is 0 Å². The van der Waals surface area contributed by atoms with Crippen LogP contribution in [0.4, 0.5) is 0 Å². The summed E-state index contributed by atoms with van der Waals surface area (Å²) in [6.45, 7) is 9.27. The highest BCUT2D eigenvalue weighted by molar-refractivity contribution is 7.56. The molecule has 0 aliphatic carbocycles. The third-order valence-corrected chi connectivity index (χ3v) is 5.71. The highest BCUT2D eigenvalue weighted by atomic mass is 31.2. The number of carbonyl (C=O) groups is 1. The fraction of sp³-hybridized carbons (Fsp3) is 0.750. The molecule has 1 aliphatic rings. The topological polar surface area (TPSA) is 61.8 Å². The van der Waals surface area contributed by atoms with E-state index in [1.165, 1.54) is 0 Å². The molecule has 2 unspecified atom stereocenters. The van der Waals surface area contributed by atoms with E-state index >= 15 is 0 Å². The maximum absolute atomic E-state index is 12.9. The first kappa shape index (κ1) is 15.4. The lowest BCUT2D eigenvalue weighted by Crippen LogP contribution is -2.35. The maximum Gasteiger partial charge on any atom is 0.348 e. The van der Waals surface area contributed by atoms with Crippen LogP contribution < -0.4 is 0 Å². The third kappa shape index (κ3) is 2.53. The number of hydrogen-bond acceptors (Lipinski definition) is 5. The lowest BCUT2D eigenvalue weighted by atomic mass is 10.0. The number of esters is 1. The van der Waals surface area contributed by atoms with Gasteiger partial charge in [-0.2, -0.15) is 0 Å². The predicted octanol–water partition coefficient (Wildman–Crippen LogP) is 2.90. The van der Waals surface area contributed by atoms with E-state index in [4.69, 9.17) is 13.8 Å². The Morgan fingerprint density at radius 2 is 2.06 bits per heavy atom. The lowest BCUT2D eigenvalue weighted by molar-refractivity contribution is -0.143. The van der Waals surface area contributed by atoms with Gasteiger partial charge in [-0.1, -0.05) is 6.08 Å².